The average molecular weight is 572 g/mol. The first kappa shape index (κ1) is 28.7. The number of nitrogens with one attached hydrogen (secondary N) is 2. The number of amidine groups is 1. The maximum absolute atomic E-state index is 13.3. The lowest BCUT2D eigenvalue weighted by atomic mass is 9.82. The molecule has 1 aliphatic carbocycles. The minimum atomic E-state index is -3.55. The van der Waals surface area contributed by atoms with E-state index >= 15 is 0 Å². The van der Waals surface area contributed by atoms with Crippen molar-refractivity contribution in [2.24, 2.45) is 16.8 Å². The molecule has 0 atom stereocenters. The molecule has 1 aromatic carbocycles. The highest BCUT2D eigenvalue weighted by molar-refractivity contribution is 7.89. The van der Waals surface area contributed by atoms with Crippen LogP contribution in [0.4, 0.5) is 10.5 Å². The molecule has 3 fully saturated rings. The summed E-state index contributed by atoms with van der Waals surface area (Å²) in [5.41, 5.74) is 1.21. The van der Waals surface area contributed by atoms with Crippen molar-refractivity contribution in [2.45, 2.75) is 90.6 Å². The van der Waals surface area contributed by atoms with Crippen molar-refractivity contribution in [1.29, 1.82) is 0 Å². The van der Waals surface area contributed by atoms with Gasteiger partial charge in [0.05, 0.1) is 11.4 Å². The molecule has 40 heavy (non-hydrogen) atoms. The third kappa shape index (κ3) is 5.18. The molecule has 0 aromatic heterocycles. The van der Waals surface area contributed by atoms with Gasteiger partial charge >= 0.3 is 6.03 Å². The largest absolute Gasteiger partial charge is 0.329 e. The van der Waals surface area contributed by atoms with Crippen LogP contribution in [0.1, 0.15) is 76.0 Å². The summed E-state index contributed by atoms with van der Waals surface area (Å²) in [5, 5.41) is 5.73. The minimum Gasteiger partial charge on any atom is -0.323 e. The van der Waals surface area contributed by atoms with Crippen LogP contribution >= 0.6 is 0 Å². The third-order valence-electron chi connectivity index (χ3n) is 9.25. The molecule has 218 valence electrons. The first-order chi connectivity index (χ1) is 18.7. The molecule has 3 heterocycles. The number of carbonyl (C=O) groups is 3. The number of amides is 4. The van der Waals surface area contributed by atoms with Crippen molar-refractivity contribution in [3.63, 3.8) is 0 Å². The molecule has 0 unspecified atom stereocenters. The van der Waals surface area contributed by atoms with Crippen molar-refractivity contribution in [3.8, 4) is 0 Å². The van der Waals surface area contributed by atoms with Gasteiger partial charge in [-0.25, -0.2) is 22.4 Å². The summed E-state index contributed by atoms with van der Waals surface area (Å²) in [7, 11) is -3.55. The van der Waals surface area contributed by atoms with E-state index in [1.54, 1.807) is 26.0 Å². The first-order valence-electron chi connectivity index (χ1n) is 14.4. The van der Waals surface area contributed by atoms with Gasteiger partial charge in [-0.2, -0.15) is 0 Å². The van der Waals surface area contributed by atoms with Gasteiger partial charge < -0.3 is 10.6 Å². The van der Waals surface area contributed by atoms with E-state index in [0.29, 0.717) is 36.8 Å². The summed E-state index contributed by atoms with van der Waals surface area (Å²) in [6, 6.07) is 3.06. The smallest absolute Gasteiger partial charge is 0.323 e. The second-order valence-corrected chi connectivity index (χ2v) is 14.7. The van der Waals surface area contributed by atoms with Crippen LogP contribution < -0.4 is 15.5 Å². The van der Waals surface area contributed by atoms with E-state index in [4.69, 9.17) is 4.99 Å². The zero-order chi connectivity index (χ0) is 29.0. The quantitative estimate of drug-likeness (QED) is 0.507. The van der Waals surface area contributed by atoms with E-state index in [9.17, 15) is 22.8 Å². The molecular weight excluding hydrogens is 530 g/mol. The fourth-order valence-electron chi connectivity index (χ4n) is 6.58. The Kier molecular flexibility index (Phi) is 7.35. The molecule has 5 rings (SSSR count). The SMILES string of the molecule is Cc1cc(N2C(=O)NC(C)(C)C2=O)cc(C)c1CCS(=O)(=O)N1CCC2(CC1)N=C(C1CCC(C)CC1)NC2=O. The number of urea groups is 1. The summed E-state index contributed by atoms with van der Waals surface area (Å²) >= 11 is 0. The molecule has 10 nitrogen and oxygen atoms in total. The number of aliphatic imine (C=N–C) groups is 1. The van der Waals surface area contributed by atoms with Gasteiger partial charge in [-0.3, -0.25) is 14.6 Å². The molecule has 2 N–H and O–H groups in total. The lowest BCUT2D eigenvalue weighted by Crippen LogP contribution is -2.51. The molecule has 4 amide bonds. The lowest BCUT2D eigenvalue weighted by Gasteiger charge is -2.34. The Labute approximate surface area is 237 Å². The topological polar surface area (TPSA) is 128 Å². The molecule has 0 radical (unpaired) electrons. The molecule has 4 aliphatic rings. The summed E-state index contributed by atoms with van der Waals surface area (Å²) in [5.74, 6) is 1.35. The second kappa shape index (κ2) is 10.2. The second-order valence-electron chi connectivity index (χ2n) is 12.7. The zero-order valence-corrected chi connectivity index (χ0v) is 25.0. The normalized spacial score (nSPS) is 26.7. The van der Waals surface area contributed by atoms with Gasteiger partial charge in [-0.1, -0.05) is 19.8 Å². The van der Waals surface area contributed by atoms with Gasteiger partial charge in [0.15, 0.2) is 0 Å². The van der Waals surface area contributed by atoms with Gasteiger partial charge in [0.1, 0.15) is 16.9 Å². The predicted octanol–water partition coefficient (Wildman–Crippen LogP) is 3.20. The number of piperidine rings is 1. The summed E-state index contributed by atoms with van der Waals surface area (Å²) < 4.78 is 28.1. The Bertz CT molecular complexity index is 1350. The standard InChI is InChI=1S/C29H41N5O5S/c1-18-6-8-21(9-7-18)24-30-25(35)29(31-24)11-13-33(14-12-29)40(38,39)15-10-23-19(2)16-22(17-20(23)3)34-26(36)28(4,5)32-27(34)37/h16-18,21H,6-15H2,1-5H3,(H,32,37)(H,30,31,35). The molecular formula is C29H41N5O5S. The van der Waals surface area contributed by atoms with Crippen LogP contribution in [0.25, 0.3) is 0 Å². The Morgan fingerprint density at radius 2 is 1.60 bits per heavy atom. The number of rotatable bonds is 6. The third-order valence-corrected chi connectivity index (χ3v) is 11.1. The number of imide groups is 1. The van der Waals surface area contributed by atoms with E-state index in [0.717, 1.165) is 53.1 Å². The average Bonchev–Trinajstić information content (AvgIpc) is 3.29. The molecule has 0 bridgehead atoms. The molecule has 11 heteroatoms. The molecule has 2 saturated heterocycles. The van der Waals surface area contributed by atoms with Crippen molar-refractivity contribution < 1.29 is 22.8 Å². The number of aryl methyl sites for hydroxylation is 2. The van der Waals surface area contributed by atoms with Gasteiger partial charge in [0.25, 0.3) is 11.8 Å². The van der Waals surface area contributed by atoms with Gasteiger partial charge in [-0.05, 0) is 94.5 Å². The monoisotopic (exact) mass is 571 g/mol. The summed E-state index contributed by atoms with van der Waals surface area (Å²) in [6.45, 7) is 9.87. The van der Waals surface area contributed by atoms with Crippen molar-refractivity contribution >= 4 is 39.4 Å². The Balaban J connectivity index is 1.22. The van der Waals surface area contributed by atoms with Crippen molar-refractivity contribution in [2.75, 3.05) is 23.7 Å². The van der Waals surface area contributed by atoms with E-state index in [-0.39, 0.29) is 30.7 Å². The van der Waals surface area contributed by atoms with Gasteiger partial charge in [-0.15, -0.1) is 0 Å². The van der Waals surface area contributed by atoms with Crippen LogP contribution in [0.2, 0.25) is 0 Å². The number of nitrogens with zero attached hydrogens (tertiary/aromatic N) is 3. The first-order valence-corrected chi connectivity index (χ1v) is 16.0. The van der Waals surface area contributed by atoms with Crippen LogP contribution in [0.15, 0.2) is 17.1 Å². The Morgan fingerprint density at radius 3 is 2.15 bits per heavy atom. The summed E-state index contributed by atoms with van der Waals surface area (Å²) in [4.78, 5) is 44.2. The maximum Gasteiger partial charge on any atom is 0.329 e. The van der Waals surface area contributed by atoms with Crippen molar-refractivity contribution in [1.82, 2.24) is 14.9 Å². The maximum atomic E-state index is 13.3. The van der Waals surface area contributed by atoms with Crippen LogP contribution in [0.5, 0.6) is 0 Å². The van der Waals surface area contributed by atoms with Crippen LogP contribution in [-0.4, -0.2) is 66.3 Å². The molecule has 1 aromatic rings. The number of carbonyl (C=O) groups excluding carboxylic acids is 3. The lowest BCUT2D eigenvalue weighted by molar-refractivity contribution is -0.125. The van der Waals surface area contributed by atoms with Crippen LogP contribution in [0.3, 0.4) is 0 Å². The van der Waals surface area contributed by atoms with E-state index in [1.807, 2.05) is 13.8 Å². The van der Waals surface area contributed by atoms with E-state index in [2.05, 4.69) is 17.6 Å². The van der Waals surface area contributed by atoms with E-state index < -0.39 is 27.1 Å². The number of anilines is 1. The highest BCUT2D eigenvalue weighted by Crippen LogP contribution is 2.36. The highest BCUT2D eigenvalue weighted by atomic mass is 32.2. The van der Waals surface area contributed by atoms with Gasteiger partial charge in [0.2, 0.25) is 10.0 Å². The highest BCUT2D eigenvalue weighted by Gasteiger charge is 2.48. The van der Waals surface area contributed by atoms with Crippen LogP contribution in [-0.2, 0) is 26.0 Å². The van der Waals surface area contributed by atoms with Gasteiger partial charge in [0, 0.05) is 19.0 Å². The molecule has 1 spiro atoms. The van der Waals surface area contributed by atoms with E-state index in [1.165, 1.54) is 4.31 Å². The fraction of sp³-hybridized carbons (Fsp3) is 0.655. The minimum absolute atomic E-state index is 0.0574. The van der Waals surface area contributed by atoms with Crippen LogP contribution in [0, 0.1) is 25.7 Å². The van der Waals surface area contributed by atoms with Crippen molar-refractivity contribution in [3.05, 3.63) is 28.8 Å². The number of sulfonamides is 1. The number of hydrogen-bond donors (Lipinski definition) is 2. The molecule has 3 aliphatic heterocycles. The number of hydrogen-bond acceptors (Lipinski definition) is 6. The molecule has 1 saturated carbocycles. The fourth-order valence-corrected chi connectivity index (χ4v) is 8.04. The number of benzene rings is 1. The Morgan fingerprint density at radius 1 is 1.00 bits per heavy atom. The summed E-state index contributed by atoms with van der Waals surface area (Å²) in [6.07, 6.45) is 5.45. The zero-order valence-electron chi connectivity index (χ0n) is 24.2. The predicted molar refractivity (Wildman–Crippen MR) is 154 cm³/mol. The Hall–Kier alpha value is -2.79.